The van der Waals surface area contributed by atoms with E-state index >= 15 is 0 Å². The van der Waals surface area contributed by atoms with Crippen LogP contribution in [0.25, 0.3) is 5.69 Å². The first-order chi connectivity index (χ1) is 22.4. The minimum atomic E-state index is -5.13. The highest BCUT2D eigenvalue weighted by Crippen LogP contribution is 2.49. The summed E-state index contributed by atoms with van der Waals surface area (Å²) < 4.78 is 127. The Labute approximate surface area is 272 Å². The number of halogens is 9. The second-order valence-corrected chi connectivity index (χ2v) is 11.7. The van der Waals surface area contributed by atoms with E-state index in [9.17, 15) is 44.7 Å². The molecule has 3 aromatic rings. The molecule has 48 heavy (non-hydrogen) atoms. The maximum atomic E-state index is 14.7. The molecule has 0 unspecified atom stereocenters. The van der Waals surface area contributed by atoms with E-state index in [-0.39, 0.29) is 32.0 Å². The third-order valence-corrected chi connectivity index (χ3v) is 8.29. The summed E-state index contributed by atoms with van der Waals surface area (Å²) in [5, 5.41) is 12.0. The highest BCUT2D eigenvalue weighted by molar-refractivity contribution is 6.21. The van der Waals surface area contributed by atoms with Gasteiger partial charge in [0.1, 0.15) is 23.5 Å². The fourth-order valence-electron chi connectivity index (χ4n) is 6.02. The maximum Gasteiger partial charge on any atom is 0.420 e. The summed E-state index contributed by atoms with van der Waals surface area (Å²) in [5.41, 5.74) is -4.51. The van der Waals surface area contributed by atoms with Gasteiger partial charge in [-0.15, -0.1) is 10.2 Å². The molecule has 1 fully saturated rings. The van der Waals surface area contributed by atoms with Gasteiger partial charge in [-0.25, -0.2) is 0 Å². The zero-order valence-electron chi connectivity index (χ0n) is 24.9. The van der Waals surface area contributed by atoms with Crippen molar-refractivity contribution in [2.45, 2.75) is 62.5 Å². The minimum absolute atomic E-state index is 0.117. The molecular weight excluding hydrogens is 684 g/mol. The number of hydrogen-bond acceptors (Lipinski definition) is 6. The van der Waals surface area contributed by atoms with Crippen LogP contribution in [0.5, 0.6) is 5.75 Å². The zero-order chi connectivity index (χ0) is 35.2. The molecule has 0 spiro atoms. The smallest absolute Gasteiger partial charge is 0.420 e. The van der Waals surface area contributed by atoms with E-state index in [4.69, 9.17) is 26.2 Å². The first kappa shape index (κ1) is 35.3. The minimum Gasteiger partial charge on any atom is -0.493 e. The molecule has 0 bridgehead atoms. The number of alkyl halides is 9. The Bertz CT molecular complexity index is 1680. The molecule has 1 aromatic heterocycles. The SMILES string of the molecule is CCOc1cccc([C@H]2O[C@H](CC(=O)N3CCC(CC(=O)O)CC3)c3nnc(C(F)(F)Cl)n3-c3ccc(C(F)(F)F)cc32)c1C(F)(F)F. The van der Waals surface area contributed by atoms with E-state index in [1.165, 1.54) is 11.8 Å². The molecule has 0 saturated carbocycles. The number of carbonyl (C=O) groups is 2. The molecule has 3 heterocycles. The standard InChI is InChI=1S/C30H27ClF8N4O5/c1-2-47-20-5-3-4-17(24(20)30(37,38)39)25-18-13-16(29(34,35)36)6-7-19(18)43-26(40-41-27(43)28(31,32)33)21(48-25)14-22(44)42-10-8-15(9-11-42)12-23(45)46/h3-7,13,15,21,25H,2,8-12,14H2,1H3,(H,45,46)/t21-,25-/m1/s1. The van der Waals surface area contributed by atoms with Gasteiger partial charge in [-0.05, 0) is 61.5 Å². The van der Waals surface area contributed by atoms with Crippen LogP contribution in [0.3, 0.4) is 0 Å². The topological polar surface area (TPSA) is 107 Å². The van der Waals surface area contributed by atoms with E-state index in [1.807, 2.05) is 0 Å². The van der Waals surface area contributed by atoms with Crippen molar-refractivity contribution in [2.75, 3.05) is 19.7 Å². The fraction of sp³-hybridized carbons (Fsp3) is 0.467. The number of ether oxygens (including phenoxy) is 2. The van der Waals surface area contributed by atoms with Crippen molar-refractivity contribution in [2.24, 2.45) is 5.92 Å². The monoisotopic (exact) mass is 710 g/mol. The van der Waals surface area contributed by atoms with Crippen LogP contribution < -0.4 is 4.74 Å². The van der Waals surface area contributed by atoms with Gasteiger partial charge in [0.2, 0.25) is 11.7 Å². The molecule has 0 radical (unpaired) electrons. The number of aliphatic carboxylic acids is 1. The number of piperidine rings is 1. The molecule has 0 aliphatic carbocycles. The average molecular weight is 711 g/mol. The van der Waals surface area contributed by atoms with Crippen LogP contribution in [0, 0.1) is 5.92 Å². The van der Waals surface area contributed by atoms with Crippen LogP contribution >= 0.6 is 11.6 Å². The number of benzene rings is 2. The molecule has 1 amide bonds. The van der Waals surface area contributed by atoms with Gasteiger partial charge in [-0.1, -0.05) is 12.1 Å². The summed E-state index contributed by atoms with van der Waals surface area (Å²) in [5.74, 6) is -4.32. The normalized spacial score (nSPS) is 19.0. The van der Waals surface area contributed by atoms with Crippen molar-refractivity contribution in [3.05, 3.63) is 70.3 Å². The van der Waals surface area contributed by atoms with E-state index in [2.05, 4.69) is 10.2 Å². The van der Waals surface area contributed by atoms with Gasteiger partial charge in [-0.3, -0.25) is 14.2 Å². The molecule has 1 saturated heterocycles. The van der Waals surface area contributed by atoms with Gasteiger partial charge in [-0.2, -0.15) is 35.1 Å². The summed E-state index contributed by atoms with van der Waals surface area (Å²) in [7, 11) is 0. The van der Waals surface area contributed by atoms with Gasteiger partial charge in [0, 0.05) is 30.6 Å². The summed E-state index contributed by atoms with van der Waals surface area (Å²) in [6, 6.07) is 4.92. The van der Waals surface area contributed by atoms with Crippen molar-refractivity contribution in [1.82, 2.24) is 19.7 Å². The van der Waals surface area contributed by atoms with E-state index in [0.717, 1.165) is 24.3 Å². The number of likely N-dealkylation sites (tertiary alicyclic amines) is 1. The third kappa shape index (κ3) is 7.21. The van der Waals surface area contributed by atoms with Crippen molar-refractivity contribution in [3.8, 4) is 11.4 Å². The van der Waals surface area contributed by atoms with E-state index < -0.39 is 93.6 Å². The van der Waals surface area contributed by atoms with Crippen LogP contribution in [0.1, 0.15) is 78.7 Å². The maximum absolute atomic E-state index is 14.7. The molecule has 2 aliphatic heterocycles. The lowest BCUT2D eigenvalue weighted by Crippen LogP contribution is -2.39. The second-order valence-electron chi connectivity index (χ2n) is 11.3. The molecule has 18 heteroatoms. The fourth-order valence-corrected chi connectivity index (χ4v) is 6.14. The molecular formula is C30H27ClF8N4O5. The highest BCUT2D eigenvalue weighted by Gasteiger charge is 2.46. The largest absolute Gasteiger partial charge is 0.493 e. The van der Waals surface area contributed by atoms with Gasteiger partial charge in [0.25, 0.3) is 0 Å². The number of carbonyl (C=O) groups excluding carboxylic acids is 1. The van der Waals surface area contributed by atoms with Crippen molar-refractivity contribution < 1.29 is 59.3 Å². The molecule has 9 nitrogen and oxygen atoms in total. The van der Waals surface area contributed by atoms with Gasteiger partial charge < -0.3 is 19.5 Å². The molecule has 2 aliphatic rings. The Morgan fingerprint density at radius 2 is 1.67 bits per heavy atom. The Morgan fingerprint density at radius 3 is 2.25 bits per heavy atom. The zero-order valence-corrected chi connectivity index (χ0v) is 25.7. The van der Waals surface area contributed by atoms with Crippen LogP contribution in [-0.4, -0.2) is 56.3 Å². The Balaban J connectivity index is 1.69. The molecule has 2 atom stereocenters. The predicted molar refractivity (Wildman–Crippen MR) is 151 cm³/mol. The second kappa shape index (κ2) is 13.1. The molecule has 5 rings (SSSR count). The van der Waals surface area contributed by atoms with Crippen molar-refractivity contribution in [3.63, 3.8) is 0 Å². The first-order valence-electron chi connectivity index (χ1n) is 14.6. The summed E-state index contributed by atoms with van der Waals surface area (Å²) >= 11 is 5.32. The number of fused-ring (bicyclic) bond motifs is 3. The highest BCUT2D eigenvalue weighted by atomic mass is 35.5. The lowest BCUT2D eigenvalue weighted by molar-refractivity contribution is -0.143. The van der Waals surface area contributed by atoms with Crippen molar-refractivity contribution >= 4 is 23.5 Å². The number of amides is 1. The molecule has 260 valence electrons. The number of rotatable bonds is 8. The lowest BCUT2D eigenvalue weighted by atomic mass is 9.93. The first-order valence-corrected chi connectivity index (χ1v) is 15.0. The Hall–Kier alpha value is -3.99. The van der Waals surface area contributed by atoms with Crippen LogP contribution in [-0.2, 0) is 32.1 Å². The van der Waals surface area contributed by atoms with Crippen LogP contribution in [0.15, 0.2) is 36.4 Å². The number of carboxylic acids is 1. The third-order valence-electron chi connectivity index (χ3n) is 8.12. The van der Waals surface area contributed by atoms with Crippen LogP contribution in [0.2, 0.25) is 0 Å². The summed E-state index contributed by atoms with van der Waals surface area (Å²) in [6.45, 7) is 1.46. The van der Waals surface area contributed by atoms with Crippen LogP contribution in [0.4, 0.5) is 35.1 Å². The number of hydrogen-bond donors (Lipinski definition) is 1. The number of nitrogens with zero attached hydrogens (tertiary/aromatic N) is 4. The van der Waals surface area contributed by atoms with Gasteiger partial charge in [0.15, 0.2) is 5.82 Å². The summed E-state index contributed by atoms with van der Waals surface area (Å²) in [4.78, 5) is 26.0. The Kier molecular flexibility index (Phi) is 9.67. The number of carboxylic acid groups (broad SMARTS) is 1. The summed E-state index contributed by atoms with van der Waals surface area (Å²) in [6.07, 6.45) is -14.1. The van der Waals surface area contributed by atoms with Crippen molar-refractivity contribution in [1.29, 1.82) is 0 Å². The quantitative estimate of drug-likeness (QED) is 0.194. The van der Waals surface area contributed by atoms with Gasteiger partial charge in [0.05, 0.1) is 24.3 Å². The molecule has 2 aromatic carbocycles. The molecule has 1 N–H and O–H groups in total. The Morgan fingerprint density at radius 1 is 0.979 bits per heavy atom. The van der Waals surface area contributed by atoms with E-state index in [1.54, 1.807) is 0 Å². The van der Waals surface area contributed by atoms with E-state index in [0.29, 0.717) is 29.5 Å². The van der Waals surface area contributed by atoms with Gasteiger partial charge >= 0.3 is 23.7 Å². The average Bonchev–Trinajstić information content (AvgIpc) is 3.39. The predicted octanol–water partition coefficient (Wildman–Crippen LogP) is 7.26. The number of aromatic nitrogens is 3. The lowest BCUT2D eigenvalue weighted by Gasteiger charge is -2.32.